The van der Waals surface area contributed by atoms with Crippen LogP contribution in [0.15, 0.2) is 24.3 Å². The maximum Gasteiger partial charge on any atom is 0.219 e. The molecule has 1 aromatic heterocycles. The van der Waals surface area contributed by atoms with Crippen LogP contribution in [0.5, 0.6) is 0 Å². The average Bonchev–Trinajstić information content (AvgIpc) is 2.66. The molecular formula is C10H14AgN4O. The van der Waals surface area contributed by atoms with Crippen molar-refractivity contribution in [3.05, 3.63) is 24.3 Å². The van der Waals surface area contributed by atoms with E-state index in [0.717, 1.165) is 11.0 Å². The Labute approximate surface area is 109 Å². The van der Waals surface area contributed by atoms with Crippen molar-refractivity contribution >= 4 is 16.9 Å². The van der Waals surface area contributed by atoms with Crippen LogP contribution in [-0.4, -0.2) is 21.3 Å². The smallest absolute Gasteiger partial charge is 0.219 e. The number of fused-ring (bicyclic) bond motifs is 1. The summed E-state index contributed by atoms with van der Waals surface area (Å²) in [5.74, 6) is -0.250. The monoisotopic (exact) mass is 313 g/mol. The van der Waals surface area contributed by atoms with Crippen molar-refractivity contribution in [2.24, 2.45) is 11.7 Å². The summed E-state index contributed by atoms with van der Waals surface area (Å²) in [6.45, 7) is 3.53. The number of amides is 1. The number of benzene rings is 1. The molecule has 6 heteroatoms. The number of aromatic nitrogens is 3. The zero-order valence-electron chi connectivity index (χ0n) is 9.07. The Morgan fingerprint density at radius 1 is 1.38 bits per heavy atom. The van der Waals surface area contributed by atoms with E-state index in [1.54, 1.807) is 13.8 Å². The molecule has 0 aliphatic rings. The van der Waals surface area contributed by atoms with Crippen molar-refractivity contribution in [2.75, 3.05) is 0 Å². The maximum absolute atomic E-state index is 9.92. The van der Waals surface area contributed by atoms with Crippen LogP contribution in [0.1, 0.15) is 13.8 Å². The fraction of sp³-hybridized carbons (Fsp3) is 0.300. The first kappa shape index (κ1) is 14.8. The fourth-order valence-electron chi connectivity index (χ4n) is 0.788. The largest absolute Gasteiger partial charge is 0.369 e. The molecule has 2 rings (SSSR count). The molecule has 0 atom stereocenters. The molecule has 0 bridgehead atoms. The van der Waals surface area contributed by atoms with E-state index in [-0.39, 0.29) is 34.2 Å². The van der Waals surface area contributed by atoms with E-state index in [4.69, 9.17) is 5.73 Å². The van der Waals surface area contributed by atoms with Gasteiger partial charge in [0.25, 0.3) is 0 Å². The number of carbonyl (C=O) groups is 1. The summed E-state index contributed by atoms with van der Waals surface area (Å²) in [6.07, 6.45) is 0. The number of para-hydroxylation sites is 1. The third-order valence-corrected chi connectivity index (χ3v) is 1.80. The number of aromatic amines is 1. The third-order valence-electron chi connectivity index (χ3n) is 1.80. The molecule has 3 N–H and O–H groups in total. The molecule has 1 amide bonds. The molecule has 0 spiro atoms. The van der Waals surface area contributed by atoms with E-state index in [0.29, 0.717) is 0 Å². The standard InChI is InChI=1S/C6H5N3.C4H9NO.Ag/c1-2-4-6-5(3-1)7-9-8-6;1-3(2)4(5)6;/h1-4H,(H,7,8,9);3H,1-2H3,(H2,5,6);. The van der Waals surface area contributed by atoms with Crippen molar-refractivity contribution in [3.63, 3.8) is 0 Å². The summed E-state index contributed by atoms with van der Waals surface area (Å²) in [5.41, 5.74) is 6.69. The van der Waals surface area contributed by atoms with Crippen LogP contribution < -0.4 is 5.73 Å². The van der Waals surface area contributed by atoms with Gasteiger partial charge in [0.05, 0.1) is 5.52 Å². The normalized spacial score (nSPS) is 9.19. The van der Waals surface area contributed by atoms with Gasteiger partial charge < -0.3 is 5.73 Å². The predicted octanol–water partition coefficient (Wildman–Crippen LogP) is 1.08. The zero-order chi connectivity index (χ0) is 11.3. The Balaban J connectivity index is 0.000000289. The number of primary amides is 1. The maximum atomic E-state index is 9.92. The Morgan fingerprint density at radius 2 is 1.94 bits per heavy atom. The van der Waals surface area contributed by atoms with Crippen molar-refractivity contribution in [3.8, 4) is 0 Å². The second-order valence-electron chi connectivity index (χ2n) is 3.39. The van der Waals surface area contributed by atoms with Gasteiger partial charge in [-0.2, -0.15) is 0 Å². The van der Waals surface area contributed by atoms with Gasteiger partial charge in [-0.25, -0.2) is 0 Å². The fourth-order valence-corrected chi connectivity index (χ4v) is 0.788. The molecule has 0 unspecified atom stereocenters. The van der Waals surface area contributed by atoms with Crippen molar-refractivity contribution in [1.82, 2.24) is 15.4 Å². The van der Waals surface area contributed by atoms with Gasteiger partial charge in [0, 0.05) is 28.3 Å². The minimum atomic E-state index is -0.241. The van der Waals surface area contributed by atoms with Gasteiger partial charge in [-0.15, -0.1) is 5.10 Å². The van der Waals surface area contributed by atoms with Gasteiger partial charge in [0.1, 0.15) is 5.52 Å². The molecule has 0 saturated carbocycles. The van der Waals surface area contributed by atoms with E-state index in [9.17, 15) is 4.79 Å². The number of nitrogens with one attached hydrogen (secondary N) is 1. The third kappa shape index (κ3) is 4.57. The molecule has 1 heterocycles. The SMILES string of the molecule is CC(C)C(N)=O.[Ag].c1ccc2[nH]nnc2c1. The number of hydrogen-bond acceptors (Lipinski definition) is 3. The van der Waals surface area contributed by atoms with Gasteiger partial charge in [0.2, 0.25) is 5.91 Å². The van der Waals surface area contributed by atoms with E-state index in [2.05, 4.69) is 15.4 Å². The minimum absolute atomic E-state index is 0. The molecule has 1 radical (unpaired) electrons. The molecule has 0 saturated heterocycles. The molecule has 0 aliphatic heterocycles. The van der Waals surface area contributed by atoms with Crippen LogP contribution in [0, 0.1) is 5.92 Å². The first-order valence-corrected chi connectivity index (χ1v) is 4.66. The number of carbonyl (C=O) groups excluding carboxylic acids is 1. The van der Waals surface area contributed by atoms with E-state index in [1.165, 1.54) is 0 Å². The van der Waals surface area contributed by atoms with Crippen molar-refractivity contribution in [1.29, 1.82) is 0 Å². The summed E-state index contributed by atoms with van der Waals surface area (Å²) < 4.78 is 0. The number of nitrogens with zero attached hydrogens (tertiary/aromatic N) is 2. The number of nitrogens with two attached hydrogens (primary N) is 1. The van der Waals surface area contributed by atoms with Gasteiger partial charge in [0.15, 0.2) is 0 Å². The minimum Gasteiger partial charge on any atom is -0.369 e. The molecule has 0 fully saturated rings. The molecule has 16 heavy (non-hydrogen) atoms. The van der Waals surface area contributed by atoms with Crippen LogP contribution in [0.3, 0.4) is 0 Å². The summed E-state index contributed by atoms with van der Waals surface area (Å²) in [4.78, 5) is 9.92. The van der Waals surface area contributed by atoms with E-state index >= 15 is 0 Å². The Bertz CT molecular complexity index is 411. The number of hydrogen-bond donors (Lipinski definition) is 2. The van der Waals surface area contributed by atoms with Crippen LogP contribution >= 0.6 is 0 Å². The Hall–Kier alpha value is -1.17. The molecule has 0 aliphatic carbocycles. The Morgan fingerprint density at radius 3 is 2.44 bits per heavy atom. The van der Waals surface area contributed by atoms with Gasteiger partial charge in [-0.05, 0) is 12.1 Å². The summed E-state index contributed by atoms with van der Waals surface area (Å²) >= 11 is 0. The van der Waals surface area contributed by atoms with Crippen LogP contribution in [0.2, 0.25) is 0 Å². The average molecular weight is 314 g/mol. The topological polar surface area (TPSA) is 84.7 Å². The summed E-state index contributed by atoms with van der Waals surface area (Å²) in [7, 11) is 0. The van der Waals surface area contributed by atoms with Crippen LogP contribution in [0.4, 0.5) is 0 Å². The first-order chi connectivity index (χ1) is 7.11. The Kier molecular flexibility index (Phi) is 6.64. The van der Waals surface area contributed by atoms with Crippen LogP contribution in [-0.2, 0) is 27.2 Å². The number of H-pyrrole nitrogens is 1. The summed E-state index contributed by atoms with van der Waals surface area (Å²) in [6, 6.07) is 7.74. The van der Waals surface area contributed by atoms with Gasteiger partial charge >= 0.3 is 0 Å². The van der Waals surface area contributed by atoms with Gasteiger partial charge in [-0.1, -0.05) is 31.2 Å². The second-order valence-corrected chi connectivity index (χ2v) is 3.39. The quantitative estimate of drug-likeness (QED) is 0.773. The molecular weight excluding hydrogens is 300 g/mol. The second kappa shape index (κ2) is 7.16. The van der Waals surface area contributed by atoms with Crippen molar-refractivity contribution < 1.29 is 27.2 Å². The summed E-state index contributed by atoms with van der Waals surface area (Å²) in [5, 5.41) is 10.2. The zero-order valence-corrected chi connectivity index (χ0v) is 10.6. The van der Waals surface area contributed by atoms with Crippen LogP contribution in [0.25, 0.3) is 11.0 Å². The molecule has 91 valence electrons. The van der Waals surface area contributed by atoms with E-state index in [1.807, 2.05) is 24.3 Å². The molecule has 5 nitrogen and oxygen atoms in total. The van der Waals surface area contributed by atoms with Gasteiger partial charge in [-0.3, -0.25) is 9.89 Å². The molecule has 1 aromatic carbocycles. The van der Waals surface area contributed by atoms with E-state index < -0.39 is 0 Å². The molecule has 2 aromatic rings. The first-order valence-electron chi connectivity index (χ1n) is 4.66. The van der Waals surface area contributed by atoms with Crippen molar-refractivity contribution in [2.45, 2.75) is 13.8 Å². The predicted molar refractivity (Wildman–Crippen MR) is 57.9 cm³/mol. The number of rotatable bonds is 1.